The third-order valence-electron chi connectivity index (χ3n) is 10.0. The smallest absolute Gasteiger partial charge is 0.408 e. The highest BCUT2D eigenvalue weighted by molar-refractivity contribution is 7.10. The molecule has 1 saturated heterocycles. The fourth-order valence-corrected chi connectivity index (χ4v) is 8.28. The molecule has 4 aromatic rings. The Balaban J connectivity index is 1.55. The number of ether oxygens (including phenoxy) is 4. The number of hydrogen-bond acceptors (Lipinski definition) is 11. The zero-order valence-corrected chi connectivity index (χ0v) is 34.5. The average Bonchev–Trinajstić information content (AvgIpc) is 3.77. The van der Waals surface area contributed by atoms with Crippen LogP contribution in [-0.2, 0) is 41.5 Å². The molecular formula is C41H52F2N6O7S. The molecule has 4 atom stereocenters. The number of alkyl carbamates (subject to hydrolysis) is 1. The van der Waals surface area contributed by atoms with Crippen LogP contribution in [0.5, 0.6) is 0 Å². The van der Waals surface area contributed by atoms with Gasteiger partial charge in [0, 0.05) is 59.2 Å². The number of aromatic nitrogens is 3. The van der Waals surface area contributed by atoms with Crippen LogP contribution in [0.15, 0.2) is 41.9 Å². The Morgan fingerprint density at radius 2 is 1.98 bits per heavy atom. The molecule has 57 heavy (non-hydrogen) atoms. The van der Waals surface area contributed by atoms with E-state index >= 15 is 0 Å². The number of thiazole rings is 1. The van der Waals surface area contributed by atoms with Crippen molar-refractivity contribution in [3.63, 3.8) is 0 Å². The minimum atomic E-state index is -2.88. The summed E-state index contributed by atoms with van der Waals surface area (Å²) in [6.07, 6.45) is -2.48. The molecule has 0 aliphatic carbocycles. The molecule has 16 heteroatoms. The van der Waals surface area contributed by atoms with Crippen molar-refractivity contribution in [2.45, 2.75) is 111 Å². The van der Waals surface area contributed by atoms with E-state index in [1.165, 1.54) is 5.01 Å². The predicted molar refractivity (Wildman–Crippen MR) is 212 cm³/mol. The lowest BCUT2D eigenvalue weighted by molar-refractivity contribution is -0.156. The Morgan fingerprint density at radius 3 is 2.68 bits per heavy atom. The standard InChI is InChI=1S/C41H52F2N6O7S/c1-9-48-30-15-14-24-18-26(30)27(34(48)25-12-10-16-44-32(25)23(2)53-8)19-41(6,7)22-55-38(51)28-13-11-17-49(47-28)37(50)33(46-39(52)56-40(3,4)5)35(54-20-31(42)43)36-45-29(24)21-57-36/h10,12,14-16,18,21,23,28,31,33,35,47H,9,11,13,17,19-20,22H2,1-8H3,(H,46,52)/t23-,28-,33-,35?/m0/s1. The van der Waals surface area contributed by atoms with Crippen LogP contribution in [0.4, 0.5) is 13.6 Å². The number of benzene rings is 1. The molecule has 0 saturated carbocycles. The van der Waals surface area contributed by atoms with Crippen molar-refractivity contribution in [1.29, 1.82) is 0 Å². The number of hydrogen-bond donors (Lipinski definition) is 2. The first kappa shape index (κ1) is 42.1. The van der Waals surface area contributed by atoms with Crippen molar-refractivity contribution in [1.82, 2.24) is 30.3 Å². The number of carbonyl (C=O) groups is 3. The number of hydrazine groups is 1. The largest absolute Gasteiger partial charge is 0.464 e. The first-order valence-corrected chi connectivity index (χ1v) is 20.1. The zero-order valence-electron chi connectivity index (χ0n) is 33.7. The summed E-state index contributed by atoms with van der Waals surface area (Å²) in [7, 11) is 1.65. The topological polar surface area (TPSA) is 146 Å². The van der Waals surface area contributed by atoms with Crippen LogP contribution in [-0.4, -0.2) is 88.5 Å². The summed E-state index contributed by atoms with van der Waals surface area (Å²) in [5, 5.41) is 6.72. The second kappa shape index (κ2) is 17.1. The zero-order chi connectivity index (χ0) is 41.2. The summed E-state index contributed by atoms with van der Waals surface area (Å²) in [6.45, 7) is 13.0. The second-order valence-electron chi connectivity index (χ2n) is 16.2. The highest BCUT2D eigenvalue weighted by Gasteiger charge is 2.41. The maximum atomic E-state index is 14.4. The first-order valence-electron chi connectivity index (χ1n) is 19.2. The van der Waals surface area contributed by atoms with E-state index in [1.807, 2.05) is 45.0 Å². The van der Waals surface area contributed by atoms with Crippen molar-refractivity contribution in [2.75, 3.05) is 26.9 Å². The number of pyridine rings is 1. The third kappa shape index (κ3) is 9.46. The summed E-state index contributed by atoms with van der Waals surface area (Å²) >= 11 is 1.12. The number of carbonyl (C=O) groups excluding carboxylic acids is 3. The second-order valence-corrected chi connectivity index (χ2v) is 17.1. The third-order valence-corrected chi connectivity index (χ3v) is 10.9. The van der Waals surface area contributed by atoms with Crippen LogP contribution in [0.25, 0.3) is 33.4 Å². The van der Waals surface area contributed by atoms with E-state index in [2.05, 4.69) is 28.3 Å². The van der Waals surface area contributed by atoms with Gasteiger partial charge in [0.2, 0.25) is 0 Å². The molecule has 0 radical (unpaired) electrons. The van der Waals surface area contributed by atoms with Crippen molar-refractivity contribution < 1.29 is 42.1 Å². The lowest BCUT2D eigenvalue weighted by Crippen LogP contribution is -2.61. The van der Waals surface area contributed by atoms with Crippen LogP contribution in [0.2, 0.25) is 0 Å². The lowest BCUT2D eigenvalue weighted by Gasteiger charge is -2.37. The molecule has 13 nitrogen and oxygen atoms in total. The molecule has 3 aromatic heterocycles. The number of esters is 1. The van der Waals surface area contributed by atoms with Gasteiger partial charge < -0.3 is 28.8 Å². The van der Waals surface area contributed by atoms with Gasteiger partial charge in [0.1, 0.15) is 35.4 Å². The summed E-state index contributed by atoms with van der Waals surface area (Å²) in [6, 6.07) is 7.53. The maximum Gasteiger partial charge on any atom is 0.408 e. The fraction of sp³-hybridized carbons (Fsp3) is 0.537. The van der Waals surface area contributed by atoms with Crippen LogP contribution >= 0.6 is 11.3 Å². The summed E-state index contributed by atoms with van der Waals surface area (Å²) < 4.78 is 52.8. The lowest BCUT2D eigenvalue weighted by atomic mass is 9.84. The van der Waals surface area contributed by atoms with Gasteiger partial charge in [-0.05, 0) is 83.7 Å². The predicted octanol–water partition coefficient (Wildman–Crippen LogP) is 7.39. The first-order chi connectivity index (χ1) is 27.0. The normalized spacial score (nSPS) is 21.0. The number of halogens is 2. The van der Waals surface area contributed by atoms with E-state index in [4.69, 9.17) is 28.9 Å². The number of aryl methyl sites for hydroxylation is 1. The number of nitrogens with one attached hydrogen (secondary N) is 2. The highest BCUT2D eigenvalue weighted by Crippen LogP contribution is 2.42. The van der Waals surface area contributed by atoms with Crippen molar-refractivity contribution >= 4 is 40.2 Å². The van der Waals surface area contributed by atoms with Crippen LogP contribution in [0.1, 0.15) is 89.8 Å². The monoisotopic (exact) mass is 810 g/mol. The molecule has 2 aliphatic heterocycles. The molecule has 2 amide bonds. The van der Waals surface area contributed by atoms with Gasteiger partial charge in [0.25, 0.3) is 12.3 Å². The van der Waals surface area contributed by atoms with E-state index < -0.39 is 60.2 Å². The summed E-state index contributed by atoms with van der Waals surface area (Å²) in [5.74, 6) is -1.26. The summed E-state index contributed by atoms with van der Waals surface area (Å²) in [5.41, 5.74) is 7.45. The Labute approximate surface area is 335 Å². The van der Waals surface area contributed by atoms with E-state index in [0.29, 0.717) is 31.5 Å². The van der Waals surface area contributed by atoms with Crippen molar-refractivity contribution in [2.24, 2.45) is 5.41 Å². The van der Waals surface area contributed by atoms with Gasteiger partial charge in [-0.3, -0.25) is 19.6 Å². The van der Waals surface area contributed by atoms with E-state index in [1.54, 1.807) is 39.5 Å². The van der Waals surface area contributed by atoms with Crippen molar-refractivity contribution in [3.8, 4) is 22.5 Å². The average molecular weight is 811 g/mol. The molecule has 5 heterocycles. The molecule has 2 aliphatic rings. The van der Waals surface area contributed by atoms with Gasteiger partial charge in [-0.25, -0.2) is 24.0 Å². The molecule has 6 bridgehead atoms. The SMILES string of the molecule is CCn1c(-c2cccnc2[C@H](C)OC)c2c3cc(ccc31)-c1csc(n1)C(OCC(F)F)[C@H](NC(=O)OC(C)(C)C)C(=O)N1CCC[C@H](N1)C(=O)OCC(C)(C)C2. The maximum absolute atomic E-state index is 14.4. The number of nitrogens with zero attached hydrogens (tertiary/aromatic N) is 4. The molecular weight excluding hydrogens is 759 g/mol. The van der Waals surface area contributed by atoms with Crippen LogP contribution in [0, 0.1) is 5.41 Å². The Hall–Kier alpha value is -4.51. The van der Waals surface area contributed by atoms with E-state index in [9.17, 15) is 23.2 Å². The van der Waals surface area contributed by atoms with Gasteiger partial charge >= 0.3 is 12.1 Å². The number of amides is 2. The Morgan fingerprint density at radius 1 is 1.21 bits per heavy atom. The molecule has 1 aromatic carbocycles. The minimum Gasteiger partial charge on any atom is -0.464 e. The fourth-order valence-electron chi connectivity index (χ4n) is 7.37. The van der Waals surface area contributed by atoms with Crippen molar-refractivity contribution in [3.05, 3.63) is 58.2 Å². The van der Waals surface area contributed by atoms with Crippen LogP contribution in [0.3, 0.4) is 0 Å². The molecule has 2 N–H and O–H groups in total. The summed E-state index contributed by atoms with van der Waals surface area (Å²) in [4.78, 5) is 50.9. The minimum absolute atomic E-state index is 0.0755. The Bertz CT molecular complexity index is 2100. The van der Waals surface area contributed by atoms with E-state index in [-0.39, 0.29) is 24.3 Å². The number of fused-ring (bicyclic) bond motifs is 6. The molecule has 308 valence electrons. The number of cyclic esters (lactones) is 1. The molecule has 0 spiro atoms. The van der Waals surface area contributed by atoms with Crippen LogP contribution < -0.4 is 10.7 Å². The van der Waals surface area contributed by atoms with Gasteiger partial charge in [-0.1, -0.05) is 19.9 Å². The van der Waals surface area contributed by atoms with Gasteiger partial charge in [0.15, 0.2) is 0 Å². The van der Waals surface area contributed by atoms with Gasteiger partial charge in [0.05, 0.1) is 29.8 Å². The quantitative estimate of drug-likeness (QED) is 0.173. The number of alkyl halides is 2. The molecule has 1 fully saturated rings. The molecule has 1 unspecified atom stereocenters. The van der Waals surface area contributed by atoms with Gasteiger partial charge in [-0.2, -0.15) is 0 Å². The highest BCUT2D eigenvalue weighted by atomic mass is 32.1. The van der Waals surface area contributed by atoms with Gasteiger partial charge in [-0.15, -0.1) is 11.3 Å². The van der Waals surface area contributed by atoms with E-state index in [0.717, 1.165) is 50.3 Å². The molecule has 6 rings (SSSR count). The number of methoxy groups -OCH3 is 1. The number of rotatable bonds is 8. The Kier molecular flexibility index (Phi) is 12.7.